The van der Waals surface area contributed by atoms with Crippen molar-refractivity contribution in [3.05, 3.63) is 0 Å². The summed E-state index contributed by atoms with van der Waals surface area (Å²) in [6.07, 6.45) is 49.0. The molecule has 0 aromatic rings. The van der Waals surface area contributed by atoms with Gasteiger partial charge in [0.15, 0.2) is 12.2 Å². The van der Waals surface area contributed by atoms with Gasteiger partial charge in [-0.2, -0.15) is 0 Å². The normalized spacial score (nSPS) is 14.1. The number of ether oxygens (including phenoxy) is 4. The van der Waals surface area contributed by atoms with Crippen molar-refractivity contribution < 1.29 is 80.2 Å². The number of rotatable bonds is 68. The molecule has 0 aliphatic rings. The Kier molecular flexibility index (Phi) is 60.5. The number of phosphoric acid groups is 2. The Morgan fingerprint density at radius 2 is 0.465 bits per heavy atom. The summed E-state index contributed by atoms with van der Waals surface area (Å²) in [5.74, 6) is -2.14. The van der Waals surface area contributed by atoms with Gasteiger partial charge in [-0.25, -0.2) is 9.13 Å². The highest BCUT2D eigenvalue weighted by atomic mass is 31.2. The number of carbonyl (C=O) groups excluding carboxylic acids is 4. The third kappa shape index (κ3) is 60.9. The molecule has 0 aromatic heterocycles. The molecule has 0 aliphatic heterocycles. The van der Waals surface area contributed by atoms with E-state index in [0.717, 1.165) is 96.3 Å². The van der Waals surface area contributed by atoms with Gasteiger partial charge in [0.1, 0.15) is 19.3 Å². The smallest absolute Gasteiger partial charge is 0.462 e. The molecule has 0 fully saturated rings. The van der Waals surface area contributed by atoms with Crippen molar-refractivity contribution in [2.75, 3.05) is 39.6 Å². The van der Waals surface area contributed by atoms with Crippen molar-refractivity contribution in [1.29, 1.82) is 0 Å². The lowest BCUT2D eigenvalue weighted by atomic mass is 10.0. The number of aliphatic hydroxyl groups is 1. The second-order valence-corrected chi connectivity index (χ2v) is 27.1. The molecule has 0 rings (SSSR count). The molecule has 86 heavy (non-hydrogen) atoms. The zero-order valence-electron chi connectivity index (χ0n) is 55.3. The molecular formula is C67H130O17P2. The lowest BCUT2D eigenvalue weighted by Crippen LogP contribution is -2.30. The predicted molar refractivity (Wildman–Crippen MR) is 345 cm³/mol. The molecule has 0 aliphatic carbocycles. The number of hydrogen-bond donors (Lipinski definition) is 3. The van der Waals surface area contributed by atoms with Crippen molar-refractivity contribution in [3.8, 4) is 0 Å². The molecule has 0 radical (unpaired) electrons. The van der Waals surface area contributed by atoms with Gasteiger partial charge in [0.05, 0.1) is 26.4 Å². The molecule has 2 unspecified atom stereocenters. The van der Waals surface area contributed by atoms with E-state index in [1.165, 1.54) is 173 Å². The minimum Gasteiger partial charge on any atom is -0.462 e. The van der Waals surface area contributed by atoms with Crippen LogP contribution in [-0.2, 0) is 65.4 Å². The van der Waals surface area contributed by atoms with E-state index >= 15 is 0 Å². The van der Waals surface area contributed by atoms with Crippen LogP contribution in [0.15, 0.2) is 0 Å². The van der Waals surface area contributed by atoms with E-state index in [-0.39, 0.29) is 25.7 Å². The highest BCUT2D eigenvalue weighted by molar-refractivity contribution is 7.47. The molecule has 17 nitrogen and oxygen atoms in total. The first-order valence-electron chi connectivity index (χ1n) is 35.3. The molecule has 0 heterocycles. The molecule has 0 bridgehead atoms. The third-order valence-electron chi connectivity index (χ3n) is 15.6. The Balaban J connectivity index is 5.14. The fraction of sp³-hybridized carbons (Fsp3) is 0.940. The van der Waals surface area contributed by atoms with Crippen LogP contribution in [0.3, 0.4) is 0 Å². The summed E-state index contributed by atoms with van der Waals surface area (Å²) in [7, 11) is -9.88. The Morgan fingerprint density at radius 1 is 0.279 bits per heavy atom. The first-order chi connectivity index (χ1) is 41.7. The first-order valence-corrected chi connectivity index (χ1v) is 38.3. The van der Waals surface area contributed by atoms with E-state index in [4.69, 9.17) is 37.0 Å². The van der Waals surface area contributed by atoms with Crippen LogP contribution in [-0.4, -0.2) is 96.7 Å². The van der Waals surface area contributed by atoms with Crippen LogP contribution in [0.2, 0.25) is 0 Å². The quantitative estimate of drug-likeness (QED) is 0.0222. The van der Waals surface area contributed by atoms with Gasteiger partial charge in [0.25, 0.3) is 0 Å². The Morgan fingerprint density at radius 3 is 0.686 bits per heavy atom. The van der Waals surface area contributed by atoms with Crippen LogP contribution in [0, 0.1) is 0 Å². The molecule has 0 aromatic carbocycles. The van der Waals surface area contributed by atoms with Crippen molar-refractivity contribution in [2.45, 2.75) is 367 Å². The van der Waals surface area contributed by atoms with E-state index in [1.807, 2.05) is 0 Å². The summed E-state index contributed by atoms with van der Waals surface area (Å²) in [5, 5.41) is 10.5. The Labute approximate surface area is 524 Å². The zero-order valence-corrected chi connectivity index (χ0v) is 57.1. The van der Waals surface area contributed by atoms with Crippen LogP contribution >= 0.6 is 15.6 Å². The highest BCUT2D eigenvalue weighted by Gasteiger charge is 2.30. The minimum atomic E-state index is -4.95. The average molecular weight is 1270 g/mol. The highest BCUT2D eigenvalue weighted by Crippen LogP contribution is 2.45. The van der Waals surface area contributed by atoms with Crippen molar-refractivity contribution >= 4 is 39.5 Å². The molecule has 0 amide bonds. The van der Waals surface area contributed by atoms with Crippen molar-refractivity contribution in [1.82, 2.24) is 0 Å². The van der Waals surface area contributed by atoms with E-state index in [1.54, 1.807) is 0 Å². The van der Waals surface area contributed by atoms with E-state index in [2.05, 4.69) is 27.7 Å². The summed E-state index contributed by atoms with van der Waals surface area (Å²) in [6.45, 7) is 4.82. The lowest BCUT2D eigenvalue weighted by molar-refractivity contribution is -0.161. The van der Waals surface area contributed by atoms with Gasteiger partial charge in [-0.05, 0) is 25.7 Å². The number of hydrogen-bond acceptors (Lipinski definition) is 15. The van der Waals surface area contributed by atoms with Gasteiger partial charge in [0, 0.05) is 25.7 Å². The summed E-state index contributed by atoms with van der Waals surface area (Å²) in [5.41, 5.74) is 0. The third-order valence-corrected chi connectivity index (χ3v) is 17.5. The first kappa shape index (κ1) is 84.1. The van der Waals surface area contributed by atoms with Gasteiger partial charge in [-0.15, -0.1) is 0 Å². The van der Waals surface area contributed by atoms with Crippen LogP contribution in [0.5, 0.6) is 0 Å². The largest absolute Gasteiger partial charge is 0.472 e. The minimum absolute atomic E-state index is 0.105. The fourth-order valence-corrected chi connectivity index (χ4v) is 11.7. The van der Waals surface area contributed by atoms with E-state index < -0.39 is 97.5 Å². The van der Waals surface area contributed by atoms with Crippen LogP contribution in [0.25, 0.3) is 0 Å². The van der Waals surface area contributed by atoms with Crippen LogP contribution in [0.1, 0.15) is 349 Å². The topological polar surface area (TPSA) is 237 Å². The van der Waals surface area contributed by atoms with Gasteiger partial charge in [-0.1, -0.05) is 297 Å². The lowest BCUT2D eigenvalue weighted by Gasteiger charge is -2.21. The standard InChI is InChI=1S/C67H130O17P2/c1-5-9-13-17-20-23-25-27-29-30-32-34-36-39-42-46-50-54-67(72)84-63(58-78-65(70)52-48-44-40-38-35-33-31-28-26-24-21-18-14-10-6-2)60-82-86(75,76)80-56-61(68)55-79-85(73,74)81-59-62(57-77-64(69)51-47-43-16-12-8-4)83-66(71)53-49-45-41-37-22-19-15-11-7-3/h61-63,68H,5-60H2,1-4H3,(H,73,74)(H,75,76)/t61-,62+,63+/m0/s1. The molecule has 0 spiro atoms. The molecule has 0 saturated carbocycles. The molecule has 5 atom stereocenters. The number of unbranched alkanes of at least 4 members (excludes halogenated alkanes) is 42. The van der Waals surface area contributed by atoms with Gasteiger partial charge < -0.3 is 33.8 Å². The number of phosphoric ester groups is 2. The second kappa shape index (κ2) is 61.9. The summed E-state index contributed by atoms with van der Waals surface area (Å²) in [4.78, 5) is 72.1. The number of carbonyl (C=O) groups is 4. The molecule has 3 N–H and O–H groups in total. The maximum absolute atomic E-state index is 13.0. The van der Waals surface area contributed by atoms with Crippen molar-refractivity contribution in [2.24, 2.45) is 0 Å². The monoisotopic (exact) mass is 1270 g/mol. The summed E-state index contributed by atoms with van der Waals surface area (Å²) < 4.78 is 67.9. The molecule has 0 saturated heterocycles. The maximum atomic E-state index is 13.0. The summed E-state index contributed by atoms with van der Waals surface area (Å²) >= 11 is 0. The zero-order chi connectivity index (χ0) is 63.3. The maximum Gasteiger partial charge on any atom is 0.472 e. The molecular weight excluding hydrogens is 1140 g/mol. The Hall–Kier alpha value is -1.94. The second-order valence-electron chi connectivity index (χ2n) is 24.2. The van der Waals surface area contributed by atoms with E-state index in [0.29, 0.717) is 25.7 Å². The van der Waals surface area contributed by atoms with Crippen molar-refractivity contribution in [3.63, 3.8) is 0 Å². The van der Waals surface area contributed by atoms with Crippen LogP contribution in [0.4, 0.5) is 0 Å². The molecule has 19 heteroatoms. The van der Waals surface area contributed by atoms with Crippen LogP contribution < -0.4 is 0 Å². The number of aliphatic hydroxyl groups excluding tert-OH is 1. The SMILES string of the molecule is CCCCCCCCCCCCCCCCCCCC(=O)O[C@H](COC(=O)CCCCCCCCCCCCCCCCC)COP(=O)(O)OC[C@@H](O)COP(=O)(O)OC[C@@H](COC(=O)CCCCCCC)OC(=O)CCCCCCCCCCC. The van der Waals surface area contributed by atoms with E-state index in [9.17, 15) is 43.2 Å². The number of esters is 4. The summed E-state index contributed by atoms with van der Waals surface area (Å²) in [6, 6.07) is 0. The molecule has 510 valence electrons. The predicted octanol–water partition coefficient (Wildman–Crippen LogP) is 19.1. The average Bonchev–Trinajstić information content (AvgIpc) is 3.66. The Bertz CT molecular complexity index is 1650. The van der Waals surface area contributed by atoms with Gasteiger partial charge >= 0.3 is 39.5 Å². The van der Waals surface area contributed by atoms with Gasteiger partial charge in [-0.3, -0.25) is 37.3 Å². The van der Waals surface area contributed by atoms with Gasteiger partial charge in [0.2, 0.25) is 0 Å². The fourth-order valence-electron chi connectivity index (χ4n) is 10.2.